The van der Waals surface area contributed by atoms with Crippen LogP contribution in [0.5, 0.6) is 0 Å². The van der Waals surface area contributed by atoms with Gasteiger partial charge in [-0.15, -0.1) is 0 Å². The van der Waals surface area contributed by atoms with E-state index in [1.807, 2.05) is 33.9 Å². The van der Waals surface area contributed by atoms with E-state index in [4.69, 9.17) is 0 Å². The zero-order chi connectivity index (χ0) is 18.2. The van der Waals surface area contributed by atoms with Gasteiger partial charge in [0.25, 0.3) is 5.56 Å². The zero-order valence-electron chi connectivity index (χ0n) is 14.8. The quantitative estimate of drug-likeness (QED) is 0.897. The molecule has 2 rings (SSSR count). The lowest BCUT2D eigenvalue weighted by Crippen LogP contribution is -2.40. The standard InChI is InChI=1S/C16H22N6O2/c1-7-12(13-9(2)19-22(6)10(13)3)18-14-11(8-17)15(23)21(5)16(24)20(14)4/h12,18H,7H2,1-6H3. The molecule has 1 N–H and O–H groups in total. The van der Waals surface area contributed by atoms with Crippen molar-refractivity contribution in [2.24, 2.45) is 21.1 Å². The first-order chi connectivity index (χ1) is 11.2. The van der Waals surface area contributed by atoms with E-state index in [-0.39, 0.29) is 17.4 Å². The molecule has 0 aromatic carbocycles. The van der Waals surface area contributed by atoms with E-state index in [0.717, 1.165) is 21.5 Å². The molecular weight excluding hydrogens is 308 g/mol. The van der Waals surface area contributed by atoms with Gasteiger partial charge in [0.1, 0.15) is 11.9 Å². The average Bonchev–Trinajstić information content (AvgIpc) is 2.80. The van der Waals surface area contributed by atoms with E-state index in [0.29, 0.717) is 6.42 Å². The van der Waals surface area contributed by atoms with Crippen molar-refractivity contribution in [1.29, 1.82) is 5.26 Å². The number of rotatable bonds is 4. The smallest absolute Gasteiger partial charge is 0.332 e. The van der Waals surface area contributed by atoms with Crippen LogP contribution in [-0.2, 0) is 21.1 Å². The molecule has 0 amide bonds. The second-order valence-corrected chi connectivity index (χ2v) is 5.85. The minimum atomic E-state index is -0.599. The molecule has 128 valence electrons. The zero-order valence-corrected chi connectivity index (χ0v) is 14.8. The van der Waals surface area contributed by atoms with Crippen molar-refractivity contribution in [3.05, 3.63) is 43.4 Å². The minimum absolute atomic E-state index is 0.0720. The molecule has 24 heavy (non-hydrogen) atoms. The number of nitrogens with zero attached hydrogens (tertiary/aromatic N) is 5. The molecule has 1 atom stereocenters. The van der Waals surface area contributed by atoms with E-state index in [1.165, 1.54) is 11.6 Å². The third kappa shape index (κ3) is 2.62. The van der Waals surface area contributed by atoms with Crippen molar-refractivity contribution < 1.29 is 0 Å². The predicted molar refractivity (Wildman–Crippen MR) is 91.0 cm³/mol. The van der Waals surface area contributed by atoms with Crippen LogP contribution in [0.15, 0.2) is 9.59 Å². The van der Waals surface area contributed by atoms with E-state index >= 15 is 0 Å². The highest BCUT2D eigenvalue weighted by atomic mass is 16.2. The second kappa shape index (κ2) is 6.35. The van der Waals surface area contributed by atoms with Crippen LogP contribution in [0.3, 0.4) is 0 Å². The Kier molecular flexibility index (Phi) is 4.64. The molecule has 2 aromatic heterocycles. The van der Waals surface area contributed by atoms with Crippen molar-refractivity contribution in [3.8, 4) is 6.07 Å². The lowest BCUT2D eigenvalue weighted by molar-refractivity contribution is 0.662. The van der Waals surface area contributed by atoms with Crippen LogP contribution < -0.4 is 16.6 Å². The molecule has 0 fully saturated rings. The third-order valence-electron chi connectivity index (χ3n) is 4.41. The Bertz CT molecular complexity index is 941. The molecule has 8 nitrogen and oxygen atoms in total. The summed E-state index contributed by atoms with van der Waals surface area (Å²) in [5.74, 6) is 0.236. The number of hydrogen-bond donors (Lipinski definition) is 1. The number of aromatic nitrogens is 4. The largest absolute Gasteiger partial charge is 0.363 e. The first kappa shape index (κ1) is 17.5. The van der Waals surface area contributed by atoms with Gasteiger partial charge in [-0.25, -0.2) is 4.79 Å². The van der Waals surface area contributed by atoms with E-state index in [2.05, 4.69) is 10.4 Å². The lowest BCUT2D eigenvalue weighted by atomic mass is 10.0. The third-order valence-corrected chi connectivity index (χ3v) is 4.41. The molecule has 0 aliphatic rings. The van der Waals surface area contributed by atoms with Crippen LogP contribution in [0, 0.1) is 25.2 Å². The molecule has 0 saturated carbocycles. The number of nitriles is 1. The summed E-state index contributed by atoms with van der Waals surface area (Å²) < 4.78 is 4.03. The van der Waals surface area contributed by atoms with Crippen molar-refractivity contribution in [1.82, 2.24) is 18.9 Å². The van der Waals surface area contributed by atoms with Gasteiger partial charge in [-0.3, -0.25) is 18.6 Å². The Morgan fingerprint density at radius 2 is 1.83 bits per heavy atom. The maximum absolute atomic E-state index is 12.2. The Hall–Kier alpha value is -2.82. The maximum atomic E-state index is 12.2. The number of hydrogen-bond acceptors (Lipinski definition) is 5. The summed E-state index contributed by atoms with van der Waals surface area (Å²) in [4.78, 5) is 24.4. The van der Waals surface area contributed by atoms with Gasteiger partial charge < -0.3 is 5.32 Å². The van der Waals surface area contributed by atoms with Gasteiger partial charge in [0.05, 0.1) is 11.7 Å². The molecular formula is C16H22N6O2. The van der Waals surface area contributed by atoms with Crippen molar-refractivity contribution in [2.75, 3.05) is 5.32 Å². The first-order valence-corrected chi connectivity index (χ1v) is 7.71. The number of anilines is 1. The normalized spacial score (nSPS) is 12.0. The molecule has 2 heterocycles. The van der Waals surface area contributed by atoms with E-state index < -0.39 is 11.2 Å². The van der Waals surface area contributed by atoms with Crippen molar-refractivity contribution in [2.45, 2.75) is 33.2 Å². The number of aryl methyl sites for hydroxylation is 2. The fourth-order valence-electron chi connectivity index (χ4n) is 2.95. The molecule has 0 radical (unpaired) electrons. The molecule has 0 bridgehead atoms. The highest BCUT2D eigenvalue weighted by Gasteiger charge is 2.23. The number of nitrogens with one attached hydrogen (secondary N) is 1. The summed E-state index contributed by atoms with van der Waals surface area (Å²) in [5, 5.41) is 17.0. The van der Waals surface area contributed by atoms with Gasteiger partial charge in [-0.2, -0.15) is 10.4 Å². The second-order valence-electron chi connectivity index (χ2n) is 5.85. The molecule has 0 aliphatic heterocycles. The monoisotopic (exact) mass is 330 g/mol. The molecule has 2 aromatic rings. The molecule has 0 saturated heterocycles. The highest BCUT2D eigenvalue weighted by Crippen LogP contribution is 2.27. The Morgan fingerprint density at radius 3 is 2.29 bits per heavy atom. The summed E-state index contributed by atoms with van der Waals surface area (Å²) in [6, 6.07) is 1.75. The van der Waals surface area contributed by atoms with Gasteiger partial charge in [0.2, 0.25) is 0 Å². The molecule has 1 unspecified atom stereocenters. The van der Waals surface area contributed by atoms with Crippen molar-refractivity contribution in [3.63, 3.8) is 0 Å². The van der Waals surface area contributed by atoms with Gasteiger partial charge in [-0.1, -0.05) is 6.92 Å². The molecule has 0 aliphatic carbocycles. The van der Waals surface area contributed by atoms with Crippen LogP contribution in [0.25, 0.3) is 0 Å². The Labute approximate surface area is 140 Å². The summed E-state index contributed by atoms with van der Waals surface area (Å²) >= 11 is 0. The van der Waals surface area contributed by atoms with E-state index in [9.17, 15) is 14.9 Å². The fraction of sp³-hybridized carbons (Fsp3) is 0.500. The maximum Gasteiger partial charge on any atom is 0.332 e. The van der Waals surface area contributed by atoms with Crippen LogP contribution in [0.1, 0.15) is 41.9 Å². The van der Waals surface area contributed by atoms with Crippen LogP contribution >= 0.6 is 0 Å². The predicted octanol–water partition coefficient (Wildman–Crippen LogP) is 0.869. The van der Waals surface area contributed by atoms with E-state index in [1.54, 1.807) is 11.7 Å². The van der Waals surface area contributed by atoms with Gasteiger partial charge in [0.15, 0.2) is 5.56 Å². The first-order valence-electron chi connectivity index (χ1n) is 7.71. The van der Waals surface area contributed by atoms with Crippen molar-refractivity contribution >= 4 is 5.82 Å². The van der Waals surface area contributed by atoms with Crippen LogP contribution in [-0.4, -0.2) is 18.9 Å². The summed E-state index contributed by atoms with van der Waals surface area (Å²) in [5.41, 5.74) is 1.74. The van der Waals surface area contributed by atoms with Crippen LogP contribution in [0.4, 0.5) is 5.82 Å². The average molecular weight is 330 g/mol. The Balaban J connectivity index is 2.64. The summed E-state index contributed by atoms with van der Waals surface area (Å²) in [6.07, 6.45) is 0.710. The van der Waals surface area contributed by atoms with Gasteiger partial charge >= 0.3 is 5.69 Å². The van der Waals surface area contributed by atoms with Gasteiger partial charge in [-0.05, 0) is 20.3 Å². The SMILES string of the molecule is CCC(Nc1c(C#N)c(=O)n(C)c(=O)n1C)c1c(C)nn(C)c1C. The molecule has 0 spiro atoms. The summed E-state index contributed by atoms with van der Waals surface area (Å²) in [7, 11) is 4.77. The summed E-state index contributed by atoms with van der Waals surface area (Å²) in [6.45, 7) is 5.88. The van der Waals surface area contributed by atoms with Gasteiger partial charge in [0, 0.05) is 32.4 Å². The van der Waals surface area contributed by atoms with Crippen LogP contribution in [0.2, 0.25) is 0 Å². The lowest BCUT2D eigenvalue weighted by Gasteiger charge is -2.22. The highest BCUT2D eigenvalue weighted by molar-refractivity contribution is 5.53. The Morgan fingerprint density at radius 1 is 1.21 bits per heavy atom. The fourth-order valence-corrected chi connectivity index (χ4v) is 2.95. The topological polar surface area (TPSA) is 97.6 Å². The molecule has 8 heteroatoms. The minimum Gasteiger partial charge on any atom is -0.363 e.